The van der Waals surface area contributed by atoms with Gasteiger partial charge < -0.3 is 4.74 Å². The van der Waals surface area contributed by atoms with Crippen LogP contribution in [-0.2, 0) is 5.41 Å². The van der Waals surface area contributed by atoms with Crippen molar-refractivity contribution in [1.82, 2.24) is 0 Å². The summed E-state index contributed by atoms with van der Waals surface area (Å²) in [6.45, 7) is 12.9. The standard InChI is InChI=1S/C15H23ClO/c1-10(2)11(3)17-14-9-12(15(4,5)6)7-8-13(14)16/h7-11H,1-6H3/t11-/m0/s1. The van der Waals surface area contributed by atoms with Crippen molar-refractivity contribution in [3.05, 3.63) is 28.8 Å². The highest BCUT2D eigenvalue weighted by atomic mass is 35.5. The van der Waals surface area contributed by atoms with Gasteiger partial charge in [0.05, 0.1) is 11.1 Å². The minimum Gasteiger partial charge on any atom is -0.489 e. The number of benzene rings is 1. The normalized spacial score (nSPS) is 13.9. The molecule has 0 N–H and O–H groups in total. The lowest BCUT2D eigenvalue weighted by Crippen LogP contribution is -2.19. The Morgan fingerprint density at radius 3 is 2.18 bits per heavy atom. The van der Waals surface area contributed by atoms with E-state index >= 15 is 0 Å². The molecule has 0 aromatic heterocycles. The van der Waals surface area contributed by atoms with E-state index in [0.29, 0.717) is 10.9 Å². The molecule has 1 aromatic rings. The smallest absolute Gasteiger partial charge is 0.138 e. The van der Waals surface area contributed by atoms with E-state index in [1.165, 1.54) is 5.56 Å². The van der Waals surface area contributed by atoms with Crippen molar-refractivity contribution in [3.8, 4) is 5.75 Å². The Balaban J connectivity index is 2.99. The van der Waals surface area contributed by atoms with Crippen LogP contribution in [0.25, 0.3) is 0 Å². The molecular formula is C15H23ClO. The molecule has 0 bridgehead atoms. The first-order valence-electron chi connectivity index (χ1n) is 6.18. The predicted molar refractivity (Wildman–Crippen MR) is 75.1 cm³/mol. The average molecular weight is 255 g/mol. The Bertz CT molecular complexity index is 377. The molecule has 0 spiro atoms. The van der Waals surface area contributed by atoms with Gasteiger partial charge in [-0.2, -0.15) is 0 Å². The van der Waals surface area contributed by atoms with Crippen LogP contribution < -0.4 is 4.74 Å². The van der Waals surface area contributed by atoms with Gasteiger partial charge in [0.25, 0.3) is 0 Å². The van der Waals surface area contributed by atoms with Crippen LogP contribution in [-0.4, -0.2) is 6.10 Å². The zero-order valence-electron chi connectivity index (χ0n) is 11.7. The lowest BCUT2D eigenvalue weighted by molar-refractivity contribution is 0.170. The van der Waals surface area contributed by atoms with E-state index in [1.54, 1.807) is 0 Å². The summed E-state index contributed by atoms with van der Waals surface area (Å²) in [5.41, 5.74) is 1.36. The number of halogens is 1. The highest BCUT2D eigenvalue weighted by Gasteiger charge is 2.17. The number of hydrogen-bond acceptors (Lipinski definition) is 1. The molecule has 0 amide bonds. The second-order valence-corrected chi connectivity index (χ2v) is 6.37. The first-order chi connectivity index (χ1) is 7.71. The average Bonchev–Trinajstić information content (AvgIpc) is 2.19. The Kier molecular flexibility index (Phi) is 4.48. The SMILES string of the molecule is CC(C)[C@H](C)Oc1cc(C(C)(C)C)ccc1Cl. The van der Waals surface area contributed by atoms with Gasteiger partial charge >= 0.3 is 0 Å². The summed E-state index contributed by atoms with van der Waals surface area (Å²) in [6.07, 6.45) is 0.169. The van der Waals surface area contributed by atoms with Crippen LogP contribution in [0, 0.1) is 5.92 Å². The van der Waals surface area contributed by atoms with Crippen LogP contribution in [0.2, 0.25) is 5.02 Å². The molecule has 17 heavy (non-hydrogen) atoms. The summed E-state index contributed by atoms with van der Waals surface area (Å²) in [7, 11) is 0. The third kappa shape index (κ3) is 3.92. The quantitative estimate of drug-likeness (QED) is 0.733. The maximum atomic E-state index is 6.17. The summed E-state index contributed by atoms with van der Waals surface area (Å²) in [4.78, 5) is 0. The van der Waals surface area contributed by atoms with E-state index < -0.39 is 0 Å². The zero-order valence-corrected chi connectivity index (χ0v) is 12.4. The maximum Gasteiger partial charge on any atom is 0.138 e. The third-order valence-corrected chi connectivity index (χ3v) is 3.36. The highest BCUT2D eigenvalue weighted by molar-refractivity contribution is 6.32. The highest BCUT2D eigenvalue weighted by Crippen LogP contribution is 2.32. The number of hydrogen-bond donors (Lipinski definition) is 0. The Morgan fingerprint density at radius 2 is 1.71 bits per heavy atom. The van der Waals surface area contributed by atoms with Gasteiger partial charge in [0.1, 0.15) is 5.75 Å². The molecule has 1 rings (SSSR count). The van der Waals surface area contributed by atoms with Crippen molar-refractivity contribution in [3.63, 3.8) is 0 Å². The lowest BCUT2D eigenvalue weighted by Gasteiger charge is -2.23. The Labute approximate surface area is 110 Å². The van der Waals surface area contributed by atoms with Crippen molar-refractivity contribution < 1.29 is 4.74 Å². The zero-order chi connectivity index (χ0) is 13.2. The summed E-state index contributed by atoms with van der Waals surface area (Å²) in [5, 5.41) is 0.686. The first kappa shape index (κ1) is 14.4. The minimum absolute atomic E-state index is 0.115. The van der Waals surface area contributed by atoms with E-state index in [0.717, 1.165) is 5.75 Å². The molecule has 0 aliphatic carbocycles. The maximum absolute atomic E-state index is 6.17. The van der Waals surface area contributed by atoms with Gasteiger partial charge in [-0.3, -0.25) is 0 Å². The fraction of sp³-hybridized carbons (Fsp3) is 0.600. The Hall–Kier alpha value is -0.690. The van der Waals surface area contributed by atoms with Crippen molar-refractivity contribution in [2.75, 3.05) is 0 Å². The molecule has 0 unspecified atom stereocenters. The van der Waals surface area contributed by atoms with Crippen molar-refractivity contribution in [2.45, 2.75) is 53.1 Å². The molecule has 0 saturated heterocycles. The topological polar surface area (TPSA) is 9.23 Å². The summed E-state index contributed by atoms with van der Waals surface area (Å²) >= 11 is 6.17. The minimum atomic E-state index is 0.115. The Morgan fingerprint density at radius 1 is 1.12 bits per heavy atom. The van der Waals surface area contributed by atoms with Gasteiger partial charge in [-0.15, -0.1) is 0 Å². The molecule has 1 nitrogen and oxygen atoms in total. The van der Waals surface area contributed by atoms with Gasteiger partial charge in [-0.25, -0.2) is 0 Å². The van der Waals surface area contributed by atoms with Crippen LogP contribution in [0.15, 0.2) is 18.2 Å². The van der Waals surface area contributed by atoms with E-state index in [4.69, 9.17) is 16.3 Å². The molecule has 0 heterocycles. The predicted octanol–water partition coefficient (Wildman–Crippen LogP) is 5.06. The van der Waals surface area contributed by atoms with Gasteiger partial charge in [0, 0.05) is 0 Å². The third-order valence-electron chi connectivity index (χ3n) is 3.05. The summed E-state index contributed by atoms with van der Waals surface area (Å²) in [6, 6.07) is 6.04. The van der Waals surface area contributed by atoms with Gasteiger partial charge in [0.15, 0.2) is 0 Å². The van der Waals surface area contributed by atoms with E-state index in [1.807, 2.05) is 6.07 Å². The molecule has 0 radical (unpaired) electrons. The molecule has 0 fully saturated rings. The van der Waals surface area contributed by atoms with Crippen LogP contribution in [0.1, 0.15) is 47.1 Å². The summed E-state index contributed by atoms with van der Waals surface area (Å²) < 4.78 is 5.91. The molecule has 0 saturated carbocycles. The number of rotatable bonds is 3. The molecule has 1 aromatic carbocycles. The number of ether oxygens (including phenoxy) is 1. The van der Waals surface area contributed by atoms with Gasteiger partial charge in [0.2, 0.25) is 0 Å². The largest absolute Gasteiger partial charge is 0.489 e. The van der Waals surface area contributed by atoms with Crippen molar-refractivity contribution in [2.24, 2.45) is 5.92 Å². The van der Waals surface area contributed by atoms with Gasteiger partial charge in [-0.05, 0) is 36.0 Å². The molecule has 0 aliphatic rings. The molecule has 96 valence electrons. The van der Waals surface area contributed by atoms with Gasteiger partial charge in [-0.1, -0.05) is 52.3 Å². The van der Waals surface area contributed by atoms with Crippen LogP contribution in [0.4, 0.5) is 0 Å². The second kappa shape index (κ2) is 5.30. The summed E-state index contributed by atoms with van der Waals surface area (Å²) in [5.74, 6) is 1.27. The van der Waals surface area contributed by atoms with Crippen molar-refractivity contribution >= 4 is 11.6 Å². The van der Waals surface area contributed by atoms with E-state index in [9.17, 15) is 0 Å². The first-order valence-corrected chi connectivity index (χ1v) is 6.56. The van der Waals surface area contributed by atoms with Crippen LogP contribution in [0.5, 0.6) is 5.75 Å². The van der Waals surface area contributed by atoms with E-state index in [-0.39, 0.29) is 11.5 Å². The fourth-order valence-corrected chi connectivity index (χ4v) is 1.56. The molecule has 1 atom stereocenters. The molecular weight excluding hydrogens is 232 g/mol. The van der Waals surface area contributed by atoms with Crippen LogP contribution in [0.3, 0.4) is 0 Å². The lowest BCUT2D eigenvalue weighted by atomic mass is 9.87. The fourth-order valence-electron chi connectivity index (χ4n) is 1.40. The second-order valence-electron chi connectivity index (χ2n) is 5.96. The van der Waals surface area contributed by atoms with Crippen molar-refractivity contribution in [1.29, 1.82) is 0 Å². The monoisotopic (exact) mass is 254 g/mol. The van der Waals surface area contributed by atoms with E-state index in [2.05, 4.69) is 53.7 Å². The molecule has 0 aliphatic heterocycles. The van der Waals surface area contributed by atoms with Crippen LogP contribution >= 0.6 is 11.6 Å². The molecule has 2 heteroatoms.